The van der Waals surface area contributed by atoms with Gasteiger partial charge in [-0.05, 0) is 17.7 Å². The molecule has 0 aliphatic heterocycles. The number of oxazole rings is 1. The summed E-state index contributed by atoms with van der Waals surface area (Å²) in [5.74, 6) is 2.90. The Morgan fingerprint density at radius 3 is 2.19 bits per heavy atom. The number of para-hydroxylation sites is 1. The molecule has 2 aromatic heterocycles. The number of rotatable bonds is 7. The quantitative estimate of drug-likeness (QED) is 0.309. The minimum atomic E-state index is 0.573. The number of hydrogen-bond acceptors (Lipinski definition) is 5. The van der Waals surface area contributed by atoms with Gasteiger partial charge >= 0.3 is 0 Å². The van der Waals surface area contributed by atoms with Crippen LogP contribution in [0.5, 0.6) is 0 Å². The van der Waals surface area contributed by atoms with Crippen molar-refractivity contribution < 1.29 is 4.42 Å². The monoisotopic (exact) mass is 424 g/mol. The molecule has 0 atom stereocenters. The van der Waals surface area contributed by atoms with E-state index in [1.165, 1.54) is 5.56 Å². The predicted molar refractivity (Wildman–Crippen MR) is 122 cm³/mol. The van der Waals surface area contributed by atoms with Crippen molar-refractivity contribution in [3.05, 3.63) is 114 Å². The van der Waals surface area contributed by atoms with Crippen molar-refractivity contribution in [1.29, 1.82) is 0 Å². The lowest BCUT2D eigenvalue weighted by molar-refractivity contribution is 0.529. The summed E-state index contributed by atoms with van der Waals surface area (Å²) in [6.07, 6.45) is 2.48. The maximum atomic E-state index is 5.95. The van der Waals surface area contributed by atoms with Crippen molar-refractivity contribution in [2.24, 2.45) is 0 Å². The third kappa shape index (κ3) is 4.44. The molecule has 2 heterocycles. The first kappa shape index (κ1) is 19.3. The lowest BCUT2D eigenvalue weighted by atomic mass is 10.1. The molecule has 6 heteroatoms. The predicted octanol–water partition coefficient (Wildman–Crippen LogP) is 5.81. The molecule has 5 aromatic rings. The number of hydrogen-bond donors (Lipinski definition) is 0. The topological polar surface area (TPSA) is 56.7 Å². The van der Waals surface area contributed by atoms with Crippen LogP contribution in [0.3, 0.4) is 0 Å². The zero-order valence-corrected chi connectivity index (χ0v) is 17.6. The summed E-state index contributed by atoms with van der Waals surface area (Å²) < 4.78 is 8.06. The summed E-state index contributed by atoms with van der Waals surface area (Å²) >= 11 is 1.57. The van der Waals surface area contributed by atoms with E-state index in [0.717, 1.165) is 28.0 Å². The summed E-state index contributed by atoms with van der Waals surface area (Å²) in [7, 11) is 0. The Hall–Kier alpha value is -3.64. The number of benzene rings is 3. The third-order valence-corrected chi connectivity index (χ3v) is 5.77. The minimum Gasteiger partial charge on any atom is -0.440 e. The number of nitrogens with zero attached hydrogens (tertiary/aromatic N) is 4. The van der Waals surface area contributed by atoms with E-state index in [1.807, 2.05) is 66.7 Å². The van der Waals surface area contributed by atoms with Gasteiger partial charge in [0.15, 0.2) is 10.9 Å². The fourth-order valence-corrected chi connectivity index (χ4v) is 4.19. The molecule has 5 nitrogen and oxygen atoms in total. The van der Waals surface area contributed by atoms with E-state index in [2.05, 4.69) is 44.0 Å². The second-order valence-corrected chi connectivity index (χ2v) is 7.95. The lowest BCUT2D eigenvalue weighted by Crippen LogP contribution is -2.03. The molecule has 0 unspecified atom stereocenters. The molecule has 31 heavy (non-hydrogen) atoms. The van der Waals surface area contributed by atoms with E-state index in [4.69, 9.17) is 4.42 Å². The normalized spacial score (nSPS) is 11.0. The molecule has 0 fully saturated rings. The van der Waals surface area contributed by atoms with Gasteiger partial charge in [-0.2, -0.15) is 0 Å². The first-order valence-corrected chi connectivity index (χ1v) is 11.0. The molecule has 0 radical (unpaired) electrons. The highest BCUT2D eigenvalue weighted by Gasteiger charge is 2.16. The van der Waals surface area contributed by atoms with E-state index < -0.39 is 0 Å². The average molecular weight is 425 g/mol. The van der Waals surface area contributed by atoms with Crippen LogP contribution in [0.15, 0.2) is 107 Å². The average Bonchev–Trinajstić information content (AvgIpc) is 3.47. The van der Waals surface area contributed by atoms with Crippen molar-refractivity contribution in [3.63, 3.8) is 0 Å². The van der Waals surface area contributed by atoms with Gasteiger partial charge in [0, 0.05) is 17.7 Å². The van der Waals surface area contributed by atoms with Crippen LogP contribution in [-0.2, 0) is 12.2 Å². The highest BCUT2D eigenvalue weighted by Crippen LogP contribution is 2.28. The third-order valence-electron chi connectivity index (χ3n) is 4.86. The van der Waals surface area contributed by atoms with Crippen molar-refractivity contribution in [3.8, 4) is 17.0 Å². The van der Waals surface area contributed by atoms with Gasteiger partial charge in [-0.1, -0.05) is 90.6 Å². The molecule has 0 amide bonds. The van der Waals surface area contributed by atoms with Gasteiger partial charge in [-0.15, -0.1) is 10.2 Å². The van der Waals surface area contributed by atoms with Crippen LogP contribution in [0.1, 0.15) is 17.3 Å². The standard InChI is InChI=1S/C25H20N4OS/c1-4-10-19(11-5-1)16-23-27-28-25(29(23)21-14-8-3-9-15-21)31-18-24-26-17-22(30-24)20-12-6-2-7-13-20/h1-15,17H,16,18H2. The maximum Gasteiger partial charge on any atom is 0.205 e. The fourth-order valence-electron chi connectivity index (χ4n) is 3.36. The van der Waals surface area contributed by atoms with Gasteiger partial charge in [-0.25, -0.2) is 4.98 Å². The summed E-state index contributed by atoms with van der Waals surface area (Å²) in [5.41, 5.74) is 3.26. The Kier molecular flexibility index (Phi) is 5.62. The Morgan fingerprint density at radius 1 is 0.774 bits per heavy atom. The summed E-state index contributed by atoms with van der Waals surface area (Å²) in [5, 5.41) is 9.79. The van der Waals surface area contributed by atoms with Crippen LogP contribution in [0.25, 0.3) is 17.0 Å². The second-order valence-electron chi connectivity index (χ2n) is 7.01. The summed E-state index contributed by atoms with van der Waals surface area (Å²) in [6.45, 7) is 0. The van der Waals surface area contributed by atoms with Gasteiger partial charge in [0.1, 0.15) is 5.82 Å². The Balaban J connectivity index is 1.40. The first-order valence-electron chi connectivity index (χ1n) is 10.0. The van der Waals surface area contributed by atoms with Crippen molar-refractivity contribution in [2.45, 2.75) is 17.3 Å². The van der Waals surface area contributed by atoms with E-state index in [1.54, 1.807) is 18.0 Å². The highest BCUT2D eigenvalue weighted by atomic mass is 32.2. The van der Waals surface area contributed by atoms with Crippen molar-refractivity contribution in [1.82, 2.24) is 19.7 Å². The van der Waals surface area contributed by atoms with Crippen LogP contribution >= 0.6 is 11.8 Å². The lowest BCUT2D eigenvalue weighted by Gasteiger charge is -2.10. The molecule has 0 N–H and O–H groups in total. The molecular weight excluding hydrogens is 404 g/mol. The largest absolute Gasteiger partial charge is 0.440 e. The van der Waals surface area contributed by atoms with E-state index in [0.29, 0.717) is 18.1 Å². The van der Waals surface area contributed by atoms with Gasteiger partial charge in [-0.3, -0.25) is 4.57 Å². The van der Waals surface area contributed by atoms with Crippen LogP contribution < -0.4 is 0 Å². The van der Waals surface area contributed by atoms with Crippen LogP contribution in [0, 0.1) is 0 Å². The summed E-state index contributed by atoms with van der Waals surface area (Å²) in [4.78, 5) is 4.44. The highest BCUT2D eigenvalue weighted by molar-refractivity contribution is 7.98. The Bertz CT molecular complexity index is 1250. The molecule has 0 spiro atoms. The molecule has 5 rings (SSSR count). The van der Waals surface area contributed by atoms with E-state index in [9.17, 15) is 0 Å². The molecular formula is C25H20N4OS. The van der Waals surface area contributed by atoms with E-state index in [-0.39, 0.29) is 0 Å². The van der Waals surface area contributed by atoms with Gasteiger partial charge in [0.2, 0.25) is 5.89 Å². The number of thioether (sulfide) groups is 1. The number of aromatic nitrogens is 4. The van der Waals surface area contributed by atoms with Gasteiger partial charge in [0.25, 0.3) is 0 Å². The van der Waals surface area contributed by atoms with E-state index >= 15 is 0 Å². The second kappa shape index (κ2) is 9.02. The molecule has 0 saturated heterocycles. The Labute approximate surface area is 184 Å². The molecule has 152 valence electrons. The molecule has 0 aliphatic carbocycles. The van der Waals surface area contributed by atoms with Gasteiger partial charge in [0.05, 0.1) is 11.9 Å². The smallest absolute Gasteiger partial charge is 0.205 e. The minimum absolute atomic E-state index is 0.573. The van der Waals surface area contributed by atoms with Crippen LogP contribution in [-0.4, -0.2) is 19.7 Å². The molecule has 3 aromatic carbocycles. The molecule has 0 saturated carbocycles. The SMILES string of the molecule is c1ccc(Cc2nnc(SCc3ncc(-c4ccccc4)o3)n2-c2ccccc2)cc1. The zero-order chi connectivity index (χ0) is 20.9. The first-order chi connectivity index (χ1) is 15.4. The van der Waals surface area contributed by atoms with Crippen LogP contribution in [0.4, 0.5) is 0 Å². The zero-order valence-electron chi connectivity index (χ0n) is 16.8. The molecule has 0 aliphatic rings. The molecule has 0 bridgehead atoms. The maximum absolute atomic E-state index is 5.95. The van der Waals surface area contributed by atoms with Crippen LogP contribution in [0.2, 0.25) is 0 Å². The Morgan fingerprint density at radius 2 is 1.45 bits per heavy atom. The van der Waals surface area contributed by atoms with Crippen molar-refractivity contribution in [2.75, 3.05) is 0 Å². The van der Waals surface area contributed by atoms with Crippen molar-refractivity contribution >= 4 is 11.8 Å². The summed E-state index contributed by atoms with van der Waals surface area (Å²) in [6, 6.07) is 30.5. The van der Waals surface area contributed by atoms with Gasteiger partial charge < -0.3 is 4.42 Å². The fraction of sp³-hybridized carbons (Fsp3) is 0.0800.